The van der Waals surface area contributed by atoms with E-state index in [-0.39, 0.29) is 11.9 Å². The Kier molecular flexibility index (Phi) is 5.58. The van der Waals surface area contributed by atoms with Crippen molar-refractivity contribution >= 4 is 17.6 Å². The molecule has 28 heavy (non-hydrogen) atoms. The molecule has 0 spiro atoms. The van der Waals surface area contributed by atoms with E-state index in [1.54, 1.807) is 12.1 Å². The Morgan fingerprint density at radius 3 is 2.54 bits per heavy atom. The lowest BCUT2D eigenvalue weighted by Crippen LogP contribution is -2.43. The normalized spacial score (nSPS) is 14.8. The summed E-state index contributed by atoms with van der Waals surface area (Å²) in [6.07, 6.45) is 1.61. The number of nitrogens with zero attached hydrogens (tertiary/aromatic N) is 3. The minimum atomic E-state index is -0.0327. The summed E-state index contributed by atoms with van der Waals surface area (Å²) in [4.78, 5) is 18.8. The van der Waals surface area contributed by atoms with E-state index >= 15 is 0 Å². The molecule has 3 aromatic rings. The maximum Gasteiger partial charge on any atom is 0.317 e. The molecule has 1 N–H and O–H groups in total. The van der Waals surface area contributed by atoms with Crippen LogP contribution < -0.4 is 5.32 Å². The highest BCUT2D eigenvalue weighted by atomic mass is 35.5. The molecule has 6 nitrogen and oxygen atoms in total. The molecule has 1 saturated heterocycles. The zero-order valence-corrected chi connectivity index (χ0v) is 16.1. The lowest BCUT2D eigenvalue weighted by molar-refractivity contribution is 0.175. The van der Waals surface area contributed by atoms with Crippen LogP contribution in [0, 0.1) is 0 Å². The fourth-order valence-electron chi connectivity index (χ4n) is 3.33. The maximum atomic E-state index is 12.4. The van der Waals surface area contributed by atoms with Gasteiger partial charge >= 0.3 is 6.03 Å². The minimum Gasteiger partial charge on any atom is -0.339 e. The molecule has 2 aromatic carbocycles. The molecule has 1 aromatic heterocycles. The number of piperidine rings is 1. The number of rotatable bonds is 4. The molecule has 1 fully saturated rings. The number of nitrogens with one attached hydrogen (secondary N) is 1. The van der Waals surface area contributed by atoms with E-state index < -0.39 is 0 Å². The lowest BCUT2D eigenvalue weighted by Gasteiger charge is -2.30. The first-order chi connectivity index (χ1) is 13.7. The first kappa shape index (κ1) is 18.5. The van der Waals surface area contributed by atoms with Gasteiger partial charge < -0.3 is 14.7 Å². The molecule has 7 heteroatoms. The van der Waals surface area contributed by atoms with Gasteiger partial charge in [-0.15, -0.1) is 0 Å². The van der Waals surface area contributed by atoms with Crippen molar-refractivity contribution in [3.63, 3.8) is 0 Å². The highest BCUT2D eigenvalue weighted by Crippen LogP contribution is 2.28. The number of hydrogen-bond donors (Lipinski definition) is 1. The molecule has 2 heterocycles. The van der Waals surface area contributed by atoms with Crippen LogP contribution >= 0.6 is 11.6 Å². The van der Waals surface area contributed by atoms with E-state index in [0.717, 1.165) is 24.0 Å². The summed E-state index contributed by atoms with van der Waals surface area (Å²) < 4.78 is 5.48. The van der Waals surface area contributed by atoms with Gasteiger partial charge in [0.1, 0.15) is 0 Å². The van der Waals surface area contributed by atoms with Crippen molar-refractivity contribution in [1.29, 1.82) is 0 Å². The molecule has 4 rings (SSSR count). The van der Waals surface area contributed by atoms with Gasteiger partial charge in [-0.25, -0.2) is 4.79 Å². The third-order valence-corrected chi connectivity index (χ3v) is 5.21. The van der Waals surface area contributed by atoms with Gasteiger partial charge in [0.15, 0.2) is 0 Å². The molecular weight excluding hydrogens is 376 g/mol. The Hall–Kier alpha value is -2.86. The topological polar surface area (TPSA) is 71.3 Å². The number of urea groups is 1. The molecule has 1 aliphatic rings. The zero-order valence-electron chi connectivity index (χ0n) is 15.3. The van der Waals surface area contributed by atoms with Gasteiger partial charge in [0, 0.05) is 36.1 Å². The van der Waals surface area contributed by atoms with Crippen LogP contribution in [0.1, 0.15) is 30.2 Å². The van der Waals surface area contributed by atoms with Gasteiger partial charge in [-0.1, -0.05) is 47.1 Å². The van der Waals surface area contributed by atoms with Crippen LogP contribution in [0.4, 0.5) is 4.79 Å². The number of aromatic nitrogens is 2. The summed E-state index contributed by atoms with van der Waals surface area (Å²) in [5.74, 6) is 1.37. The predicted octanol–water partition coefficient (Wildman–Crippen LogP) is 4.48. The van der Waals surface area contributed by atoms with Crippen LogP contribution in [0.25, 0.3) is 11.4 Å². The van der Waals surface area contributed by atoms with Gasteiger partial charge in [0.05, 0.1) is 0 Å². The molecule has 1 aliphatic heterocycles. The van der Waals surface area contributed by atoms with Gasteiger partial charge in [-0.2, -0.15) is 4.98 Å². The molecule has 0 bridgehead atoms. The van der Waals surface area contributed by atoms with Gasteiger partial charge in [-0.05, 0) is 42.7 Å². The van der Waals surface area contributed by atoms with Gasteiger partial charge in [0.25, 0.3) is 0 Å². The van der Waals surface area contributed by atoms with E-state index in [9.17, 15) is 4.79 Å². The van der Waals surface area contributed by atoms with Crippen LogP contribution in [0.15, 0.2) is 59.1 Å². The van der Waals surface area contributed by atoms with Crippen molar-refractivity contribution in [2.75, 3.05) is 13.1 Å². The van der Waals surface area contributed by atoms with Crippen LogP contribution in [-0.4, -0.2) is 34.2 Å². The number of carbonyl (C=O) groups is 1. The van der Waals surface area contributed by atoms with Crippen molar-refractivity contribution < 1.29 is 9.32 Å². The summed E-state index contributed by atoms with van der Waals surface area (Å²) in [5.41, 5.74) is 1.96. The van der Waals surface area contributed by atoms with E-state index in [4.69, 9.17) is 16.1 Å². The monoisotopic (exact) mass is 396 g/mol. The second-order valence-electron chi connectivity index (χ2n) is 6.87. The van der Waals surface area contributed by atoms with Crippen LogP contribution in [0.5, 0.6) is 0 Å². The molecule has 2 amide bonds. The zero-order chi connectivity index (χ0) is 19.3. The van der Waals surface area contributed by atoms with Crippen LogP contribution in [-0.2, 0) is 6.54 Å². The number of likely N-dealkylation sites (tertiary alicyclic amines) is 1. The minimum absolute atomic E-state index is 0.0327. The largest absolute Gasteiger partial charge is 0.339 e. The summed E-state index contributed by atoms with van der Waals surface area (Å²) in [5, 5.41) is 7.74. The molecule has 144 valence electrons. The summed E-state index contributed by atoms with van der Waals surface area (Å²) in [6, 6.07) is 17.2. The highest BCUT2D eigenvalue weighted by molar-refractivity contribution is 6.30. The third-order valence-electron chi connectivity index (χ3n) is 4.96. The Morgan fingerprint density at radius 2 is 1.82 bits per heavy atom. The number of hydrogen-bond acceptors (Lipinski definition) is 4. The van der Waals surface area contributed by atoms with Crippen LogP contribution in [0.2, 0.25) is 5.02 Å². The fourth-order valence-corrected chi connectivity index (χ4v) is 3.46. The SMILES string of the molecule is O=C(NCc1ccccc1)N1CCC(c2nc(-c3ccc(Cl)cc3)no2)CC1. The number of amides is 2. The fraction of sp³-hybridized carbons (Fsp3) is 0.286. The molecular formula is C21H21ClN4O2. The molecule has 0 unspecified atom stereocenters. The second kappa shape index (κ2) is 8.44. The van der Waals surface area contributed by atoms with Crippen molar-refractivity contribution in [1.82, 2.24) is 20.4 Å². The molecule has 0 atom stereocenters. The summed E-state index contributed by atoms with van der Waals surface area (Å²) in [7, 11) is 0. The van der Waals surface area contributed by atoms with Crippen molar-refractivity contribution in [2.45, 2.75) is 25.3 Å². The predicted molar refractivity (Wildman–Crippen MR) is 107 cm³/mol. The first-order valence-corrected chi connectivity index (χ1v) is 9.73. The number of halogens is 1. The molecule has 0 saturated carbocycles. The Morgan fingerprint density at radius 1 is 1.11 bits per heavy atom. The number of carbonyl (C=O) groups excluding carboxylic acids is 1. The third kappa shape index (κ3) is 4.34. The second-order valence-corrected chi connectivity index (χ2v) is 7.31. The highest BCUT2D eigenvalue weighted by Gasteiger charge is 2.27. The average Bonchev–Trinajstić information content (AvgIpc) is 3.24. The van der Waals surface area contributed by atoms with Crippen LogP contribution in [0.3, 0.4) is 0 Å². The van der Waals surface area contributed by atoms with E-state index in [2.05, 4.69) is 15.5 Å². The Bertz CT molecular complexity index is 919. The molecule has 0 aliphatic carbocycles. The maximum absolute atomic E-state index is 12.4. The standard InChI is InChI=1S/C21H21ClN4O2/c22-18-8-6-16(7-9-18)19-24-20(28-25-19)17-10-12-26(13-11-17)21(27)23-14-15-4-2-1-3-5-15/h1-9,17H,10-14H2,(H,23,27). The quantitative estimate of drug-likeness (QED) is 0.705. The van der Waals surface area contributed by atoms with E-state index in [1.165, 1.54) is 0 Å². The first-order valence-electron chi connectivity index (χ1n) is 9.35. The summed E-state index contributed by atoms with van der Waals surface area (Å²) in [6.45, 7) is 1.88. The Labute approximate surface area is 168 Å². The smallest absolute Gasteiger partial charge is 0.317 e. The molecule has 0 radical (unpaired) electrons. The summed E-state index contributed by atoms with van der Waals surface area (Å²) >= 11 is 5.92. The van der Waals surface area contributed by atoms with Crippen molar-refractivity contribution in [3.05, 3.63) is 71.1 Å². The van der Waals surface area contributed by atoms with E-state index in [0.29, 0.717) is 36.4 Å². The lowest BCUT2D eigenvalue weighted by atomic mass is 9.97. The van der Waals surface area contributed by atoms with Crippen molar-refractivity contribution in [2.24, 2.45) is 0 Å². The number of benzene rings is 2. The Balaban J connectivity index is 1.30. The van der Waals surface area contributed by atoms with Crippen molar-refractivity contribution in [3.8, 4) is 11.4 Å². The van der Waals surface area contributed by atoms with Gasteiger partial charge in [0.2, 0.25) is 11.7 Å². The van der Waals surface area contributed by atoms with Gasteiger partial charge in [-0.3, -0.25) is 0 Å². The van der Waals surface area contributed by atoms with E-state index in [1.807, 2.05) is 47.4 Å². The average molecular weight is 397 g/mol.